The van der Waals surface area contributed by atoms with Gasteiger partial charge in [-0.1, -0.05) is 31.0 Å². The molecule has 1 aromatic carbocycles. The highest BCUT2D eigenvalue weighted by Crippen LogP contribution is 2.33. The maximum Gasteiger partial charge on any atom is 0.258 e. The molecule has 2 aromatic heterocycles. The van der Waals surface area contributed by atoms with Gasteiger partial charge in [-0.2, -0.15) is 5.10 Å². The third-order valence-electron chi connectivity index (χ3n) is 5.21. The van der Waals surface area contributed by atoms with Crippen molar-refractivity contribution in [2.24, 2.45) is 0 Å². The molecule has 0 spiro atoms. The lowest BCUT2D eigenvalue weighted by Crippen LogP contribution is -2.28. The van der Waals surface area contributed by atoms with Crippen LogP contribution >= 0.6 is 0 Å². The minimum atomic E-state index is -0.165. The summed E-state index contributed by atoms with van der Waals surface area (Å²) in [5, 5.41) is 7.70. The van der Waals surface area contributed by atoms with Crippen LogP contribution in [0.3, 0.4) is 0 Å². The summed E-state index contributed by atoms with van der Waals surface area (Å²) in [6.07, 6.45) is 6.53. The summed E-state index contributed by atoms with van der Waals surface area (Å²) < 4.78 is 7.67. The highest BCUT2D eigenvalue weighted by atomic mass is 16.5. The van der Waals surface area contributed by atoms with Gasteiger partial charge >= 0.3 is 0 Å². The van der Waals surface area contributed by atoms with Gasteiger partial charge in [0.2, 0.25) is 0 Å². The van der Waals surface area contributed by atoms with Crippen molar-refractivity contribution in [2.45, 2.75) is 45.2 Å². The standard InChI is InChI=1S/C23H26N4O2/c1-17-7-6-10-20(13-17)29-16-23(28)25-15-18-14-22(21-11-4-5-12-24-21)27(26-18)19-8-2-3-9-19/h4-7,10-14,19H,2-3,8-9,15-16H2,1H3,(H,25,28). The molecule has 1 aliphatic carbocycles. The number of carbonyl (C=O) groups is 1. The van der Waals surface area contributed by atoms with Crippen LogP contribution in [0.25, 0.3) is 11.4 Å². The summed E-state index contributed by atoms with van der Waals surface area (Å²) in [6.45, 7) is 2.35. The molecular weight excluding hydrogens is 364 g/mol. The lowest BCUT2D eigenvalue weighted by atomic mass is 10.2. The summed E-state index contributed by atoms with van der Waals surface area (Å²) in [5.41, 5.74) is 3.86. The number of nitrogens with one attached hydrogen (secondary N) is 1. The zero-order chi connectivity index (χ0) is 20.1. The van der Waals surface area contributed by atoms with Crippen molar-refractivity contribution >= 4 is 5.91 Å². The van der Waals surface area contributed by atoms with E-state index in [4.69, 9.17) is 9.84 Å². The van der Waals surface area contributed by atoms with Crippen LogP contribution in [0.2, 0.25) is 0 Å². The Morgan fingerprint density at radius 2 is 2.03 bits per heavy atom. The van der Waals surface area contributed by atoms with Gasteiger partial charge in [0.15, 0.2) is 6.61 Å². The Morgan fingerprint density at radius 3 is 2.79 bits per heavy atom. The van der Waals surface area contributed by atoms with Crippen LogP contribution in [-0.2, 0) is 11.3 Å². The molecule has 6 heteroatoms. The van der Waals surface area contributed by atoms with Crippen LogP contribution < -0.4 is 10.1 Å². The Hall–Kier alpha value is -3.15. The SMILES string of the molecule is Cc1cccc(OCC(=O)NCc2cc(-c3ccccn3)n(C3CCCC3)n2)c1. The van der Waals surface area contributed by atoms with E-state index in [0.29, 0.717) is 18.3 Å². The van der Waals surface area contributed by atoms with Gasteiger partial charge in [0.05, 0.1) is 29.7 Å². The number of aryl methyl sites for hydroxylation is 1. The van der Waals surface area contributed by atoms with Crippen molar-refractivity contribution in [3.8, 4) is 17.1 Å². The number of hydrogen-bond acceptors (Lipinski definition) is 4. The first-order valence-corrected chi connectivity index (χ1v) is 10.1. The lowest BCUT2D eigenvalue weighted by Gasteiger charge is -2.13. The van der Waals surface area contributed by atoms with E-state index >= 15 is 0 Å². The predicted molar refractivity (Wildman–Crippen MR) is 111 cm³/mol. The number of pyridine rings is 1. The predicted octanol–water partition coefficient (Wildman–Crippen LogP) is 4.06. The van der Waals surface area contributed by atoms with Gasteiger partial charge < -0.3 is 10.1 Å². The fourth-order valence-corrected chi connectivity index (χ4v) is 3.76. The topological polar surface area (TPSA) is 69.0 Å². The molecule has 0 aliphatic heterocycles. The molecule has 6 nitrogen and oxygen atoms in total. The lowest BCUT2D eigenvalue weighted by molar-refractivity contribution is -0.123. The van der Waals surface area contributed by atoms with E-state index < -0.39 is 0 Å². The van der Waals surface area contributed by atoms with Gasteiger partial charge in [-0.3, -0.25) is 14.5 Å². The molecule has 0 radical (unpaired) electrons. The van der Waals surface area contributed by atoms with Gasteiger partial charge in [-0.25, -0.2) is 0 Å². The van der Waals surface area contributed by atoms with Gasteiger partial charge in [-0.15, -0.1) is 0 Å². The average molecular weight is 390 g/mol. The van der Waals surface area contributed by atoms with Crippen LogP contribution in [0.4, 0.5) is 0 Å². The van der Waals surface area contributed by atoms with Gasteiger partial charge in [-0.05, 0) is 55.7 Å². The molecule has 150 valence electrons. The van der Waals surface area contributed by atoms with Crippen molar-refractivity contribution in [2.75, 3.05) is 6.61 Å². The molecule has 3 aromatic rings. The third kappa shape index (κ3) is 4.83. The average Bonchev–Trinajstić information content (AvgIpc) is 3.41. The van der Waals surface area contributed by atoms with Crippen molar-refractivity contribution in [3.05, 3.63) is 66.0 Å². The molecule has 0 saturated heterocycles. The van der Waals surface area contributed by atoms with E-state index in [1.165, 1.54) is 12.8 Å². The van der Waals surface area contributed by atoms with Crippen LogP contribution in [0, 0.1) is 6.92 Å². The fraction of sp³-hybridized carbons (Fsp3) is 0.348. The molecule has 0 bridgehead atoms. The van der Waals surface area contributed by atoms with E-state index in [9.17, 15) is 4.79 Å². The molecule has 0 atom stereocenters. The summed E-state index contributed by atoms with van der Waals surface area (Å²) in [7, 11) is 0. The highest BCUT2D eigenvalue weighted by Gasteiger charge is 2.22. The van der Waals surface area contributed by atoms with Gasteiger partial charge in [0.25, 0.3) is 5.91 Å². The molecule has 1 fully saturated rings. The van der Waals surface area contributed by atoms with Crippen LogP contribution in [0.5, 0.6) is 5.75 Å². The maximum absolute atomic E-state index is 12.2. The monoisotopic (exact) mass is 390 g/mol. The first-order valence-electron chi connectivity index (χ1n) is 10.1. The van der Waals surface area contributed by atoms with E-state index in [2.05, 4.69) is 15.0 Å². The summed E-state index contributed by atoms with van der Waals surface area (Å²) in [4.78, 5) is 16.7. The van der Waals surface area contributed by atoms with Crippen molar-refractivity contribution in [1.29, 1.82) is 0 Å². The Labute approximate surface area is 170 Å². The maximum atomic E-state index is 12.2. The van der Waals surface area contributed by atoms with Crippen molar-refractivity contribution < 1.29 is 9.53 Å². The van der Waals surface area contributed by atoms with Crippen molar-refractivity contribution in [1.82, 2.24) is 20.1 Å². The number of rotatable bonds is 7. The van der Waals surface area contributed by atoms with E-state index in [1.807, 2.05) is 55.5 Å². The number of benzene rings is 1. The number of amides is 1. The molecule has 1 aliphatic rings. The van der Waals surface area contributed by atoms with Crippen LogP contribution in [0.15, 0.2) is 54.7 Å². The molecule has 1 N–H and O–H groups in total. The Kier molecular flexibility index (Phi) is 5.89. The number of hydrogen-bond donors (Lipinski definition) is 1. The smallest absolute Gasteiger partial charge is 0.258 e. The third-order valence-corrected chi connectivity index (χ3v) is 5.21. The number of carbonyl (C=O) groups excluding carboxylic acids is 1. The second kappa shape index (κ2) is 8.90. The van der Waals surface area contributed by atoms with Gasteiger partial charge in [0, 0.05) is 6.20 Å². The second-order valence-corrected chi connectivity index (χ2v) is 7.50. The second-order valence-electron chi connectivity index (χ2n) is 7.50. The summed E-state index contributed by atoms with van der Waals surface area (Å²) >= 11 is 0. The number of aromatic nitrogens is 3. The molecule has 4 rings (SSSR count). The Morgan fingerprint density at radius 1 is 1.17 bits per heavy atom. The first-order chi connectivity index (χ1) is 14.2. The largest absolute Gasteiger partial charge is 0.484 e. The molecule has 0 unspecified atom stereocenters. The normalized spacial score (nSPS) is 14.1. The van der Waals surface area contributed by atoms with E-state index in [1.54, 1.807) is 6.20 Å². The van der Waals surface area contributed by atoms with Crippen LogP contribution in [0.1, 0.15) is 43.0 Å². The van der Waals surface area contributed by atoms with E-state index in [0.717, 1.165) is 35.5 Å². The number of nitrogens with zero attached hydrogens (tertiary/aromatic N) is 3. The minimum Gasteiger partial charge on any atom is -0.484 e. The first kappa shape index (κ1) is 19.2. The van der Waals surface area contributed by atoms with Gasteiger partial charge in [0.1, 0.15) is 5.75 Å². The van der Waals surface area contributed by atoms with Crippen molar-refractivity contribution in [3.63, 3.8) is 0 Å². The minimum absolute atomic E-state index is 0.0140. The zero-order valence-corrected chi connectivity index (χ0v) is 16.7. The Balaban J connectivity index is 1.41. The summed E-state index contributed by atoms with van der Waals surface area (Å²) in [5.74, 6) is 0.532. The molecule has 1 saturated carbocycles. The molecule has 1 amide bonds. The van der Waals surface area contributed by atoms with E-state index in [-0.39, 0.29) is 12.5 Å². The van der Waals surface area contributed by atoms with Crippen LogP contribution in [-0.4, -0.2) is 27.3 Å². The highest BCUT2D eigenvalue weighted by molar-refractivity contribution is 5.77. The quantitative estimate of drug-likeness (QED) is 0.660. The molecule has 2 heterocycles. The molecule has 29 heavy (non-hydrogen) atoms. The Bertz CT molecular complexity index is 962. The zero-order valence-electron chi connectivity index (χ0n) is 16.7. The summed E-state index contributed by atoms with van der Waals surface area (Å²) in [6, 6.07) is 16.0. The number of ether oxygens (including phenoxy) is 1. The fourth-order valence-electron chi connectivity index (χ4n) is 3.76. The molecular formula is C23H26N4O2.